The molecule has 0 unspecified atom stereocenters. The van der Waals surface area contributed by atoms with E-state index in [9.17, 15) is 9.59 Å². The van der Waals surface area contributed by atoms with Crippen molar-refractivity contribution in [1.82, 2.24) is 10.2 Å². The van der Waals surface area contributed by atoms with Gasteiger partial charge in [0.2, 0.25) is 0 Å². The second-order valence-electron chi connectivity index (χ2n) is 4.62. The van der Waals surface area contributed by atoms with Crippen molar-refractivity contribution >= 4 is 23.8 Å². The molecule has 0 spiro atoms. The Hall–Kier alpha value is -1.69. The number of carboxylic acid groups (broad SMARTS) is 1. The molecule has 1 aliphatic heterocycles. The van der Waals surface area contributed by atoms with Crippen LogP contribution in [0.3, 0.4) is 0 Å². The van der Waals surface area contributed by atoms with Gasteiger partial charge >= 0.3 is 12.0 Å². The first-order valence-corrected chi connectivity index (χ1v) is 7.75. The van der Waals surface area contributed by atoms with E-state index in [0.717, 1.165) is 36.6 Å². The van der Waals surface area contributed by atoms with Gasteiger partial charge in [-0.3, -0.25) is 0 Å². The summed E-state index contributed by atoms with van der Waals surface area (Å²) in [5, 5.41) is 11.8. The molecule has 1 aromatic carbocycles. The normalized spacial score (nSPS) is 15.5. The largest absolute Gasteiger partial charge is 0.478 e. The number of nitrogens with one attached hydrogen (secondary N) is 1. The summed E-state index contributed by atoms with van der Waals surface area (Å²) in [6.07, 6.45) is 1.02. The predicted octanol–water partition coefficient (Wildman–Crippen LogP) is 2.03. The lowest BCUT2D eigenvalue weighted by Crippen LogP contribution is -2.40. The van der Waals surface area contributed by atoms with Gasteiger partial charge in [0.05, 0.1) is 5.56 Å². The fourth-order valence-corrected chi connectivity index (χ4v) is 2.94. The van der Waals surface area contributed by atoms with Gasteiger partial charge in [-0.25, -0.2) is 9.59 Å². The summed E-state index contributed by atoms with van der Waals surface area (Å²) in [4.78, 5) is 24.7. The van der Waals surface area contributed by atoms with Gasteiger partial charge in [-0.2, -0.15) is 11.8 Å². The highest BCUT2D eigenvalue weighted by Crippen LogP contribution is 2.10. The van der Waals surface area contributed by atoms with Gasteiger partial charge in [-0.1, -0.05) is 12.1 Å². The molecule has 0 aliphatic carbocycles. The molecule has 1 heterocycles. The van der Waals surface area contributed by atoms with Crippen LogP contribution >= 0.6 is 11.8 Å². The highest BCUT2D eigenvalue weighted by molar-refractivity contribution is 7.99. The summed E-state index contributed by atoms with van der Waals surface area (Å²) in [5.41, 5.74) is 1.03. The smallest absolute Gasteiger partial charge is 0.335 e. The van der Waals surface area contributed by atoms with Crippen molar-refractivity contribution in [2.75, 3.05) is 24.6 Å². The van der Waals surface area contributed by atoms with Crippen molar-refractivity contribution < 1.29 is 14.7 Å². The summed E-state index contributed by atoms with van der Waals surface area (Å²) in [6.45, 7) is 1.91. The van der Waals surface area contributed by atoms with Crippen LogP contribution in [0.25, 0.3) is 0 Å². The Balaban J connectivity index is 1.89. The van der Waals surface area contributed by atoms with Crippen molar-refractivity contribution in [3.63, 3.8) is 0 Å². The molecule has 2 amide bonds. The molecule has 0 bridgehead atoms. The molecular formula is C14H18N2O3S. The Morgan fingerprint density at radius 3 is 2.95 bits per heavy atom. The SMILES string of the molecule is O=C(O)c1cccc(CNC(=O)N2CCCSCC2)c1. The maximum absolute atomic E-state index is 12.0. The minimum atomic E-state index is -0.956. The van der Waals surface area contributed by atoms with Gasteiger partial charge in [-0.05, 0) is 29.9 Å². The summed E-state index contributed by atoms with van der Waals surface area (Å²) < 4.78 is 0. The molecular weight excluding hydrogens is 276 g/mol. The van der Waals surface area contributed by atoms with Crippen LogP contribution in [0.4, 0.5) is 4.79 Å². The lowest BCUT2D eigenvalue weighted by atomic mass is 10.1. The quantitative estimate of drug-likeness (QED) is 0.895. The Morgan fingerprint density at radius 1 is 1.30 bits per heavy atom. The standard InChI is InChI=1S/C14H18N2O3S/c17-13(18)12-4-1-3-11(9-12)10-15-14(19)16-5-2-7-20-8-6-16/h1,3-4,9H,2,5-8,10H2,(H,15,19)(H,17,18). The third-order valence-electron chi connectivity index (χ3n) is 3.13. The molecule has 1 saturated heterocycles. The van der Waals surface area contributed by atoms with Crippen LogP contribution in [0, 0.1) is 0 Å². The topological polar surface area (TPSA) is 69.6 Å². The van der Waals surface area contributed by atoms with Crippen LogP contribution in [0.15, 0.2) is 24.3 Å². The lowest BCUT2D eigenvalue weighted by Gasteiger charge is -2.20. The van der Waals surface area contributed by atoms with Crippen LogP contribution in [0.5, 0.6) is 0 Å². The number of carbonyl (C=O) groups is 2. The van der Waals surface area contributed by atoms with Gasteiger partial charge < -0.3 is 15.3 Å². The third kappa shape index (κ3) is 4.16. The fraction of sp³-hybridized carbons (Fsp3) is 0.429. The molecule has 0 saturated carbocycles. The fourth-order valence-electron chi connectivity index (χ4n) is 2.05. The zero-order valence-corrected chi connectivity index (χ0v) is 12.0. The number of hydrogen-bond donors (Lipinski definition) is 2. The number of rotatable bonds is 3. The molecule has 108 valence electrons. The number of amides is 2. The number of hydrogen-bond acceptors (Lipinski definition) is 3. The summed E-state index contributed by atoms with van der Waals surface area (Å²) >= 11 is 1.87. The monoisotopic (exact) mass is 294 g/mol. The van der Waals surface area contributed by atoms with Crippen LogP contribution in [0.1, 0.15) is 22.3 Å². The van der Waals surface area contributed by atoms with E-state index in [0.29, 0.717) is 6.54 Å². The van der Waals surface area contributed by atoms with E-state index in [1.165, 1.54) is 0 Å². The highest BCUT2D eigenvalue weighted by atomic mass is 32.2. The number of carboxylic acids is 1. The average molecular weight is 294 g/mol. The van der Waals surface area contributed by atoms with E-state index in [1.807, 2.05) is 22.7 Å². The minimum Gasteiger partial charge on any atom is -0.478 e. The van der Waals surface area contributed by atoms with E-state index in [-0.39, 0.29) is 11.6 Å². The molecule has 0 radical (unpaired) electrons. The maximum Gasteiger partial charge on any atom is 0.335 e. The van der Waals surface area contributed by atoms with Crippen molar-refractivity contribution in [2.45, 2.75) is 13.0 Å². The van der Waals surface area contributed by atoms with Crippen molar-refractivity contribution in [3.05, 3.63) is 35.4 Å². The first-order valence-electron chi connectivity index (χ1n) is 6.59. The number of benzene rings is 1. The highest BCUT2D eigenvalue weighted by Gasteiger charge is 2.15. The van der Waals surface area contributed by atoms with Crippen LogP contribution in [-0.4, -0.2) is 46.6 Å². The van der Waals surface area contributed by atoms with E-state index in [1.54, 1.807) is 18.2 Å². The summed E-state index contributed by atoms with van der Waals surface area (Å²) in [6, 6.07) is 6.55. The van der Waals surface area contributed by atoms with Gasteiger partial charge in [0.1, 0.15) is 0 Å². The zero-order valence-electron chi connectivity index (χ0n) is 11.2. The van der Waals surface area contributed by atoms with Crippen LogP contribution < -0.4 is 5.32 Å². The van der Waals surface area contributed by atoms with E-state index < -0.39 is 5.97 Å². The second-order valence-corrected chi connectivity index (χ2v) is 5.84. The number of aromatic carboxylic acids is 1. The Labute approximate surface area is 122 Å². The molecule has 0 atom stereocenters. The number of nitrogens with zero attached hydrogens (tertiary/aromatic N) is 1. The molecule has 5 nitrogen and oxygen atoms in total. The molecule has 0 aromatic heterocycles. The van der Waals surface area contributed by atoms with Gasteiger partial charge in [-0.15, -0.1) is 0 Å². The Bertz CT molecular complexity index is 485. The lowest BCUT2D eigenvalue weighted by molar-refractivity contribution is 0.0696. The van der Waals surface area contributed by atoms with Crippen molar-refractivity contribution in [2.24, 2.45) is 0 Å². The van der Waals surface area contributed by atoms with Crippen LogP contribution in [-0.2, 0) is 6.54 Å². The van der Waals surface area contributed by atoms with Gasteiger partial charge in [0, 0.05) is 25.4 Å². The Kier molecular flexibility index (Phi) is 5.29. The average Bonchev–Trinajstić information content (AvgIpc) is 2.74. The minimum absolute atomic E-state index is 0.0757. The molecule has 2 rings (SSSR count). The van der Waals surface area contributed by atoms with Crippen molar-refractivity contribution in [3.8, 4) is 0 Å². The van der Waals surface area contributed by atoms with Crippen molar-refractivity contribution in [1.29, 1.82) is 0 Å². The maximum atomic E-state index is 12.0. The van der Waals surface area contributed by atoms with E-state index >= 15 is 0 Å². The summed E-state index contributed by atoms with van der Waals surface area (Å²) in [7, 11) is 0. The summed E-state index contributed by atoms with van der Waals surface area (Å²) in [5.74, 6) is 1.12. The molecule has 6 heteroatoms. The number of urea groups is 1. The van der Waals surface area contributed by atoms with E-state index in [2.05, 4.69) is 5.32 Å². The molecule has 1 fully saturated rings. The molecule has 1 aromatic rings. The number of thioether (sulfide) groups is 1. The number of carbonyl (C=O) groups excluding carboxylic acids is 1. The first kappa shape index (κ1) is 14.7. The molecule has 2 N–H and O–H groups in total. The molecule has 20 heavy (non-hydrogen) atoms. The first-order chi connectivity index (χ1) is 9.66. The predicted molar refractivity (Wildman–Crippen MR) is 79.2 cm³/mol. The Morgan fingerprint density at radius 2 is 2.15 bits per heavy atom. The van der Waals surface area contributed by atoms with Gasteiger partial charge in [0.15, 0.2) is 0 Å². The zero-order chi connectivity index (χ0) is 14.4. The second kappa shape index (κ2) is 7.19. The molecule has 1 aliphatic rings. The van der Waals surface area contributed by atoms with Gasteiger partial charge in [0.25, 0.3) is 0 Å². The van der Waals surface area contributed by atoms with E-state index in [4.69, 9.17) is 5.11 Å². The van der Waals surface area contributed by atoms with Crippen LogP contribution in [0.2, 0.25) is 0 Å². The third-order valence-corrected chi connectivity index (χ3v) is 4.18.